The molecule has 0 N–H and O–H groups in total. The van der Waals surface area contributed by atoms with Gasteiger partial charge >= 0.3 is 0 Å². The second-order valence-corrected chi connectivity index (χ2v) is 6.68. The summed E-state index contributed by atoms with van der Waals surface area (Å²) in [7, 11) is 0. The largest absolute Gasteiger partial charge is 0.368 e. The van der Waals surface area contributed by atoms with E-state index in [1.165, 1.54) is 5.69 Å². The van der Waals surface area contributed by atoms with Gasteiger partial charge in [-0.25, -0.2) is 4.98 Å². The standard InChI is InChI=1S/C22H22N4O/c1-17(27)18-6-5-7-19(16-18)21-22(24-11-10-23-21)26-14-12-25(13-15-26)20-8-3-2-4-9-20/h2-11,16H,12-15H2,1H3. The van der Waals surface area contributed by atoms with Crippen molar-refractivity contribution in [3.05, 3.63) is 72.6 Å². The highest BCUT2D eigenvalue weighted by Crippen LogP contribution is 2.28. The Morgan fingerprint density at radius 2 is 1.56 bits per heavy atom. The van der Waals surface area contributed by atoms with Gasteiger partial charge in [0.15, 0.2) is 11.6 Å². The first-order valence-electron chi connectivity index (χ1n) is 9.20. The van der Waals surface area contributed by atoms with Crippen LogP contribution in [-0.2, 0) is 0 Å². The van der Waals surface area contributed by atoms with Gasteiger partial charge in [-0.2, -0.15) is 0 Å². The summed E-state index contributed by atoms with van der Waals surface area (Å²) in [5.74, 6) is 0.935. The molecule has 0 spiro atoms. The number of hydrogen-bond donors (Lipinski definition) is 0. The summed E-state index contributed by atoms with van der Waals surface area (Å²) in [6, 6.07) is 18.1. The molecular formula is C22H22N4O. The Hall–Kier alpha value is -3.21. The van der Waals surface area contributed by atoms with Crippen LogP contribution in [0.25, 0.3) is 11.3 Å². The zero-order valence-electron chi connectivity index (χ0n) is 15.4. The third kappa shape index (κ3) is 3.67. The van der Waals surface area contributed by atoms with Crippen molar-refractivity contribution in [2.75, 3.05) is 36.0 Å². The SMILES string of the molecule is CC(=O)c1cccc(-c2nccnc2N2CCN(c3ccccc3)CC2)c1. The molecule has 27 heavy (non-hydrogen) atoms. The van der Waals surface area contributed by atoms with Crippen LogP contribution in [0.3, 0.4) is 0 Å². The van der Waals surface area contributed by atoms with Gasteiger partial charge < -0.3 is 9.80 Å². The normalized spacial score (nSPS) is 14.3. The van der Waals surface area contributed by atoms with Crippen LogP contribution in [-0.4, -0.2) is 41.9 Å². The number of carbonyl (C=O) groups is 1. The molecule has 0 saturated carbocycles. The number of piperazine rings is 1. The summed E-state index contributed by atoms with van der Waals surface area (Å²) in [5, 5.41) is 0. The smallest absolute Gasteiger partial charge is 0.159 e. The first kappa shape index (κ1) is 17.2. The summed E-state index contributed by atoms with van der Waals surface area (Å²) in [5.41, 5.74) is 3.70. The third-order valence-corrected chi connectivity index (χ3v) is 4.92. The van der Waals surface area contributed by atoms with Gasteiger partial charge in [0.25, 0.3) is 0 Å². The number of para-hydroxylation sites is 1. The Morgan fingerprint density at radius 3 is 2.30 bits per heavy atom. The minimum absolute atomic E-state index is 0.0544. The number of carbonyl (C=O) groups excluding carboxylic acids is 1. The molecule has 2 aromatic carbocycles. The van der Waals surface area contributed by atoms with E-state index in [4.69, 9.17) is 0 Å². The van der Waals surface area contributed by atoms with E-state index in [9.17, 15) is 4.79 Å². The molecule has 5 nitrogen and oxygen atoms in total. The minimum Gasteiger partial charge on any atom is -0.368 e. The molecule has 1 aliphatic heterocycles. The van der Waals surface area contributed by atoms with E-state index >= 15 is 0 Å². The van der Waals surface area contributed by atoms with Gasteiger partial charge in [0.2, 0.25) is 0 Å². The summed E-state index contributed by atoms with van der Waals surface area (Å²) in [6.07, 6.45) is 3.44. The first-order valence-corrected chi connectivity index (χ1v) is 9.20. The highest BCUT2D eigenvalue weighted by molar-refractivity contribution is 5.95. The fourth-order valence-corrected chi connectivity index (χ4v) is 3.47. The lowest BCUT2D eigenvalue weighted by Crippen LogP contribution is -2.47. The predicted octanol–water partition coefficient (Wildman–Crippen LogP) is 3.67. The molecule has 0 amide bonds. The van der Waals surface area contributed by atoms with E-state index < -0.39 is 0 Å². The number of aromatic nitrogens is 2. The van der Waals surface area contributed by atoms with Crippen molar-refractivity contribution < 1.29 is 4.79 Å². The summed E-state index contributed by atoms with van der Waals surface area (Å²) < 4.78 is 0. The van der Waals surface area contributed by atoms with E-state index in [2.05, 4.69) is 44.0 Å². The molecule has 1 aliphatic rings. The average Bonchev–Trinajstić information content (AvgIpc) is 2.74. The number of benzene rings is 2. The number of Topliss-reactive ketones (excluding diaryl/α,β-unsaturated/α-hetero) is 1. The maximum atomic E-state index is 11.7. The van der Waals surface area contributed by atoms with Gasteiger partial charge in [-0.05, 0) is 25.1 Å². The highest BCUT2D eigenvalue weighted by Gasteiger charge is 2.21. The van der Waals surface area contributed by atoms with E-state index in [1.54, 1.807) is 19.3 Å². The van der Waals surface area contributed by atoms with Gasteiger partial charge in [-0.15, -0.1) is 0 Å². The average molecular weight is 358 g/mol. The third-order valence-electron chi connectivity index (χ3n) is 4.92. The molecule has 0 bridgehead atoms. The monoisotopic (exact) mass is 358 g/mol. The van der Waals surface area contributed by atoms with Crippen LogP contribution in [0.4, 0.5) is 11.5 Å². The quantitative estimate of drug-likeness (QED) is 0.666. The second-order valence-electron chi connectivity index (χ2n) is 6.68. The van der Waals surface area contributed by atoms with Gasteiger partial charge in [-0.1, -0.05) is 36.4 Å². The Labute approximate surface area is 159 Å². The van der Waals surface area contributed by atoms with Crippen LogP contribution < -0.4 is 9.80 Å². The Morgan fingerprint density at radius 1 is 0.852 bits per heavy atom. The van der Waals surface area contributed by atoms with E-state index in [-0.39, 0.29) is 5.78 Å². The molecule has 0 aliphatic carbocycles. The van der Waals surface area contributed by atoms with Crippen molar-refractivity contribution in [2.45, 2.75) is 6.92 Å². The molecule has 5 heteroatoms. The molecule has 1 fully saturated rings. The molecule has 1 saturated heterocycles. The lowest BCUT2D eigenvalue weighted by molar-refractivity contribution is 0.101. The van der Waals surface area contributed by atoms with Crippen LogP contribution in [0, 0.1) is 0 Å². The van der Waals surface area contributed by atoms with Crippen LogP contribution >= 0.6 is 0 Å². The summed E-state index contributed by atoms with van der Waals surface area (Å²) in [4.78, 5) is 25.6. The molecule has 3 aromatic rings. The minimum atomic E-state index is 0.0544. The van der Waals surface area contributed by atoms with Crippen molar-refractivity contribution in [2.24, 2.45) is 0 Å². The van der Waals surface area contributed by atoms with Crippen LogP contribution in [0.15, 0.2) is 67.0 Å². The summed E-state index contributed by atoms with van der Waals surface area (Å²) in [6.45, 7) is 5.22. The maximum absolute atomic E-state index is 11.7. The lowest BCUT2D eigenvalue weighted by Gasteiger charge is -2.37. The highest BCUT2D eigenvalue weighted by atomic mass is 16.1. The van der Waals surface area contributed by atoms with Crippen LogP contribution in [0.2, 0.25) is 0 Å². The Kier molecular flexibility index (Phi) is 4.83. The Bertz CT molecular complexity index is 934. The molecule has 4 rings (SSSR count). The Balaban J connectivity index is 1.57. The van der Waals surface area contributed by atoms with E-state index in [0.29, 0.717) is 5.56 Å². The molecule has 0 atom stereocenters. The number of anilines is 2. The zero-order chi connectivity index (χ0) is 18.6. The molecular weight excluding hydrogens is 336 g/mol. The van der Waals surface area contributed by atoms with E-state index in [0.717, 1.165) is 43.3 Å². The number of nitrogens with zero attached hydrogens (tertiary/aromatic N) is 4. The zero-order valence-corrected chi connectivity index (χ0v) is 15.4. The first-order chi connectivity index (χ1) is 13.2. The fourth-order valence-electron chi connectivity index (χ4n) is 3.47. The van der Waals surface area contributed by atoms with Crippen LogP contribution in [0.5, 0.6) is 0 Å². The van der Waals surface area contributed by atoms with Crippen LogP contribution in [0.1, 0.15) is 17.3 Å². The fraction of sp³-hybridized carbons (Fsp3) is 0.227. The molecule has 0 unspecified atom stereocenters. The van der Waals surface area contributed by atoms with Gasteiger partial charge in [0.05, 0.1) is 0 Å². The van der Waals surface area contributed by atoms with Gasteiger partial charge in [0.1, 0.15) is 5.69 Å². The number of rotatable bonds is 4. The van der Waals surface area contributed by atoms with Gasteiger partial charge in [0, 0.05) is 55.4 Å². The van der Waals surface area contributed by atoms with Crippen molar-refractivity contribution >= 4 is 17.3 Å². The topological polar surface area (TPSA) is 49.3 Å². The molecule has 2 heterocycles. The van der Waals surface area contributed by atoms with Crippen molar-refractivity contribution in [1.29, 1.82) is 0 Å². The predicted molar refractivity (Wildman–Crippen MR) is 108 cm³/mol. The van der Waals surface area contributed by atoms with Crippen molar-refractivity contribution in [1.82, 2.24) is 9.97 Å². The maximum Gasteiger partial charge on any atom is 0.159 e. The number of ketones is 1. The summed E-state index contributed by atoms with van der Waals surface area (Å²) >= 11 is 0. The van der Waals surface area contributed by atoms with Crippen molar-refractivity contribution in [3.63, 3.8) is 0 Å². The molecule has 136 valence electrons. The van der Waals surface area contributed by atoms with Crippen molar-refractivity contribution in [3.8, 4) is 11.3 Å². The number of hydrogen-bond acceptors (Lipinski definition) is 5. The molecule has 0 radical (unpaired) electrons. The second kappa shape index (κ2) is 7.58. The van der Waals surface area contributed by atoms with Gasteiger partial charge in [-0.3, -0.25) is 9.78 Å². The molecule has 1 aromatic heterocycles. The van der Waals surface area contributed by atoms with E-state index in [1.807, 2.05) is 30.3 Å². The lowest BCUT2D eigenvalue weighted by atomic mass is 10.1.